The molecule has 0 heterocycles. The van der Waals surface area contributed by atoms with Gasteiger partial charge in [-0.05, 0) is 6.07 Å². The van der Waals surface area contributed by atoms with Crippen LogP contribution in [0.25, 0.3) is 0 Å². The molecule has 0 aliphatic carbocycles. The van der Waals surface area contributed by atoms with Crippen LogP contribution < -0.4 is 5.32 Å². The maximum Gasteiger partial charge on any atom is 0.313 e. The number of rotatable bonds is 10. The fourth-order valence-corrected chi connectivity index (χ4v) is 2.96. The van der Waals surface area contributed by atoms with E-state index in [0.29, 0.717) is 4.90 Å². The second-order valence-corrected chi connectivity index (χ2v) is 6.63. The molecule has 24 heavy (non-hydrogen) atoms. The van der Waals surface area contributed by atoms with E-state index in [1.807, 2.05) is 0 Å². The van der Waals surface area contributed by atoms with Crippen molar-refractivity contribution in [3.8, 4) is 0 Å². The molecule has 1 unspecified atom stereocenters. The lowest BCUT2D eigenvalue weighted by atomic mass is 10.3. The summed E-state index contributed by atoms with van der Waals surface area (Å²) in [6.07, 6.45) is -0.959. The molecule has 0 aliphatic rings. The van der Waals surface area contributed by atoms with E-state index >= 15 is 0 Å². The van der Waals surface area contributed by atoms with Crippen LogP contribution in [0.3, 0.4) is 0 Å². The molecule has 1 rings (SSSR count). The number of thioether (sulfide) groups is 2. The number of anilines is 1. The Hall–Kier alpha value is -1.82. The van der Waals surface area contributed by atoms with Gasteiger partial charge in [-0.1, -0.05) is 0 Å². The molecule has 1 atom stereocenters. The molecule has 0 radical (unpaired) electrons. The standard InChI is InChI=1S/C13H16N2O7S2/c16-4-10(17)5-24-11-2-8(1-9(3-11)15(21)22)14-12(18)6-23-7-13(19)20/h1-3,10,16-17H,4-7H2,(H,14,18)(H,19,20). The summed E-state index contributed by atoms with van der Waals surface area (Å²) in [4.78, 5) is 32.9. The Morgan fingerprint density at radius 1 is 1.29 bits per heavy atom. The third-order valence-corrected chi connectivity index (χ3v) is 4.54. The smallest absolute Gasteiger partial charge is 0.313 e. The van der Waals surface area contributed by atoms with Crippen molar-refractivity contribution in [1.82, 2.24) is 0 Å². The highest BCUT2D eigenvalue weighted by atomic mass is 32.2. The van der Waals surface area contributed by atoms with Crippen molar-refractivity contribution in [2.75, 3.05) is 29.2 Å². The van der Waals surface area contributed by atoms with E-state index in [0.717, 1.165) is 23.5 Å². The highest BCUT2D eigenvalue weighted by Gasteiger charge is 2.13. The van der Waals surface area contributed by atoms with E-state index in [1.54, 1.807) is 0 Å². The van der Waals surface area contributed by atoms with Crippen molar-refractivity contribution in [2.24, 2.45) is 0 Å². The van der Waals surface area contributed by atoms with E-state index < -0.39 is 29.5 Å². The Morgan fingerprint density at radius 2 is 2.00 bits per heavy atom. The fraction of sp³-hybridized carbons (Fsp3) is 0.385. The van der Waals surface area contributed by atoms with E-state index in [4.69, 9.17) is 10.2 Å². The van der Waals surface area contributed by atoms with E-state index in [9.17, 15) is 24.8 Å². The number of hydrogen-bond acceptors (Lipinski definition) is 8. The maximum atomic E-state index is 11.7. The second kappa shape index (κ2) is 10.1. The quantitative estimate of drug-likeness (QED) is 0.264. The van der Waals surface area contributed by atoms with Gasteiger partial charge >= 0.3 is 5.97 Å². The summed E-state index contributed by atoms with van der Waals surface area (Å²) in [5.41, 5.74) is -0.0295. The van der Waals surface area contributed by atoms with Gasteiger partial charge in [-0.3, -0.25) is 19.7 Å². The van der Waals surface area contributed by atoms with Gasteiger partial charge in [0.25, 0.3) is 5.69 Å². The van der Waals surface area contributed by atoms with Crippen LogP contribution >= 0.6 is 23.5 Å². The molecule has 0 saturated heterocycles. The lowest BCUT2D eigenvalue weighted by Crippen LogP contribution is -2.16. The molecule has 11 heteroatoms. The number of non-ortho nitro benzene ring substituents is 1. The minimum absolute atomic E-state index is 0.0965. The normalized spacial score (nSPS) is 11.8. The predicted octanol–water partition coefficient (Wildman–Crippen LogP) is 0.796. The number of nitrogens with one attached hydrogen (secondary N) is 1. The van der Waals surface area contributed by atoms with Crippen LogP contribution in [0.15, 0.2) is 23.1 Å². The number of nitrogens with zero attached hydrogens (tertiary/aromatic N) is 1. The molecule has 0 aliphatic heterocycles. The van der Waals surface area contributed by atoms with Crippen LogP contribution in [-0.2, 0) is 9.59 Å². The largest absolute Gasteiger partial charge is 0.481 e. The first-order valence-electron chi connectivity index (χ1n) is 6.62. The number of carboxylic acids is 1. The summed E-state index contributed by atoms with van der Waals surface area (Å²) in [5.74, 6) is -1.69. The fourth-order valence-electron chi connectivity index (χ4n) is 1.52. The summed E-state index contributed by atoms with van der Waals surface area (Å²) >= 11 is 2.01. The Kier molecular flexibility index (Phi) is 8.54. The van der Waals surface area contributed by atoms with Crippen LogP contribution in [0.5, 0.6) is 0 Å². The number of carboxylic acid groups (broad SMARTS) is 1. The topological polar surface area (TPSA) is 150 Å². The molecule has 0 fully saturated rings. The van der Waals surface area contributed by atoms with Gasteiger partial charge in [0.15, 0.2) is 0 Å². The van der Waals surface area contributed by atoms with Crippen molar-refractivity contribution in [2.45, 2.75) is 11.0 Å². The minimum atomic E-state index is -1.04. The zero-order chi connectivity index (χ0) is 18.1. The van der Waals surface area contributed by atoms with Gasteiger partial charge in [0.05, 0.1) is 29.1 Å². The van der Waals surface area contributed by atoms with Crippen molar-refractivity contribution in [3.05, 3.63) is 28.3 Å². The van der Waals surface area contributed by atoms with Crippen LogP contribution in [-0.4, -0.2) is 62.1 Å². The van der Waals surface area contributed by atoms with Crippen LogP contribution in [0.4, 0.5) is 11.4 Å². The van der Waals surface area contributed by atoms with Crippen molar-refractivity contribution >= 4 is 46.8 Å². The zero-order valence-corrected chi connectivity index (χ0v) is 14.0. The number of aliphatic carboxylic acids is 1. The number of aliphatic hydroxyl groups is 2. The van der Waals surface area contributed by atoms with Crippen LogP contribution in [0.1, 0.15) is 0 Å². The number of benzene rings is 1. The van der Waals surface area contributed by atoms with Gasteiger partial charge in [0.1, 0.15) is 0 Å². The molecular weight excluding hydrogens is 360 g/mol. The molecule has 132 valence electrons. The van der Waals surface area contributed by atoms with Gasteiger partial charge in [-0.2, -0.15) is 0 Å². The molecule has 0 saturated carbocycles. The minimum Gasteiger partial charge on any atom is -0.481 e. The Balaban J connectivity index is 2.77. The summed E-state index contributed by atoms with van der Waals surface area (Å²) in [6, 6.07) is 3.98. The number of hydrogen-bond donors (Lipinski definition) is 4. The Labute approximate surface area is 145 Å². The van der Waals surface area contributed by atoms with Crippen molar-refractivity contribution < 1.29 is 29.8 Å². The maximum absolute atomic E-state index is 11.7. The van der Waals surface area contributed by atoms with E-state index in [-0.39, 0.29) is 28.6 Å². The molecule has 0 bridgehead atoms. The Bertz CT molecular complexity index is 612. The second-order valence-electron chi connectivity index (χ2n) is 4.55. The number of carbonyl (C=O) groups excluding carboxylic acids is 1. The van der Waals surface area contributed by atoms with Gasteiger partial charge in [-0.25, -0.2) is 0 Å². The monoisotopic (exact) mass is 376 g/mol. The first-order valence-corrected chi connectivity index (χ1v) is 8.76. The number of amides is 1. The molecule has 1 amide bonds. The van der Waals surface area contributed by atoms with E-state index in [2.05, 4.69) is 5.32 Å². The average molecular weight is 376 g/mol. The van der Waals surface area contributed by atoms with Crippen LogP contribution in [0.2, 0.25) is 0 Å². The summed E-state index contributed by atoms with van der Waals surface area (Å²) in [6.45, 7) is -0.424. The summed E-state index contributed by atoms with van der Waals surface area (Å²) in [5, 5.41) is 40.0. The van der Waals surface area contributed by atoms with Crippen LogP contribution in [0, 0.1) is 10.1 Å². The predicted molar refractivity (Wildman–Crippen MR) is 90.5 cm³/mol. The molecular formula is C13H16N2O7S2. The molecule has 4 N–H and O–H groups in total. The lowest BCUT2D eigenvalue weighted by molar-refractivity contribution is -0.385. The van der Waals surface area contributed by atoms with Gasteiger partial charge in [-0.15, -0.1) is 23.5 Å². The first-order chi connectivity index (χ1) is 11.3. The molecule has 0 spiro atoms. The third-order valence-electron chi connectivity index (χ3n) is 2.50. The number of aliphatic hydroxyl groups excluding tert-OH is 2. The highest BCUT2D eigenvalue weighted by molar-refractivity contribution is 8.00. The summed E-state index contributed by atoms with van der Waals surface area (Å²) < 4.78 is 0. The highest BCUT2D eigenvalue weighted by Crippen LogP contribution is 2.28. The third kappa shape index (κ3) is 7.64. The lowest BCUT2D eigenvalue weighted by Gasteiger charge is -2.09. The molecule has 1 aromatic carbocycles. The molecule has 0 aromatic heterocycles. The summed E-state index contributed by atoms with van der Waals surface area (Å²) in [7, 11) is 0. The molecule has 9 nitrogen and oxygen atoms in total. The number of nitro benzene ring substituents is 1. The average Bonchev–Trinajstić information content (AvgIpc) is 2.51. The number of nitro groups is 1. The Morgan fingerprint density at radius 3 is 2.58 bits per heavy atom. The SMILES string of the molecule is O=C(O)CSCC(=O)Nc1cc(SCC(O)CO)cc([N+](=O)[O-])c1. The van der Waals surface area contributed by atoms with Gasteiger partial charge in [0, 0.05) is 28.5 Å². The molecule has 1 aromatic rings. The van der Waals surface area contributed by atoms with E-state index in [1.165, 1.54) is 18.2 Å². The van der Waals surface area contributed by atoms with Gasteiger partial charge in [0.2, 0.25) is 5.91 Å². The zero-order valence-electron chi connectivity index (χ0n) is 12.4. The number of carbonyl (C=O) groups is 2. The van der Waals surface area contributed by atoms with Crippen molar-refractivity contribution in [1.29, 1.82) is 0 Å². The van der Waals surface area contributed by atoms with Gasteiger partial charge < -0.3 is 20.6 Å². The van der Waals surface area contributed by atoms with Crippen molar-refractivity contribution in [3.63, 3.8) is 0 Å². The first kappa shape index (κ1) is 20.2.